The number of hydrogen-bond acceptors (Lipinski definition) is 5. The minimum Gasteiger partial charge on any atom is -0.323 e. The molecule has 0 aliphatic carbocycles. The second-order valence-electron chi connectivity index (χ2n) is 3.49. The molecule has 5 N–H and O–H groups in total. The van der Waals surface area contributed by atoms with Crippen molar-refractivity contribution < 1.29 is 8.42 Å². The molecule has 1 rings (SSSR count). The molecule has 5 nitrogen and oxygen atoms in total. The molecule has 0 aromatic heterocycles. The zero-order valence-corrected chi connectivity index (χ0v) is 10.00. The molecular formula is C10H17N3O2S. The quantitative estimate of drug-likeness (QED) is 0.497. The molecule has 0 bridgehead atoms. The highest BCUT2D eigenvalue weighted by Crippen LogP contribution is 2.15. The lowest BCUT2D eigenvalue weighted by molar-refractivity contribution is 0.596. The molecule has 0 aliphatic heterocycles. The van der Waals surface area contributed by atoms with Gasteiger partial charge in [-0.05, 0) is 17.7 Å². The van der Waals surface area contributed by atoms with Crippen molar-refractivity contribution in [3.05, 3.63) is 29.8 Å². The molecule has 16 heavy (non-hydrogen) atoms. The maximum atomic E-state index is 11.5. The van der Waals surface area contributed by atoms with E-state index in [-0.39, 0.29) is 11.8 Å². The normalized spacial score (nSPS) is 13.7. The van der Waals surface area contributed by atoms with Crippen LogP contribution in [0.4, 0.5) is 0 Å². The van der Waals surface area contributed by atoms with Crippen molar-refractivity contribution in [2.24, 2.45) is 11.6 Å². The Kier molecular flexibility index (Phi) is 4.43. The first-order chi connectivity index (χ1) is 7.51. The van der Waals surface area contributed by atoms with Crippen LogP contribution in [0.5, 0.6) is 0 Å². The Bertz CT molecular complexity index is 428. The van der Waals surface area contributed by atoms with Crippen molar-refractivity contribution in [3.8, 4) is 0 Å². The Hall–Kier alpha value is -0.950. The number of nitrogens with two attached hydrogens (primary N) is 2. The Balaban J connectivity index is 2.91. The second-order valence-corrected chi connectivity index (χ2v) is 5.77. The van der Waals surface area contributed by atoms with Crippen LogP contribution in [0.3, 0.4) is 0 Å². The summed E-state index contributed by atoms with van der Waals surface area (Å²) in [5, 5.41) is 0. The van der Waals surface area contributed by atoms with Gasteiger partial charge >= 0.3 is 0 Å². The topological polar surface area (TPSA) is 98.2 Å². The van der Waals surface area contributed by atoms with Crippen LogP contribution < -0.4 is 17.0 Å². The van der Waals surface area contributed by atoms with Crippen LogP contribution in [-0.2, 0) is 9.84 Å². The van der Waals surface area contributed by atoms with E-state index in [1.54, 1.807) is 31.2 Å². The van der Waals surface area contributed by atoms with Crippen molar-refractivity contribution in [3.63, 3.8) is 0 Å². The van der Waals surface area contributed by atoms with Gasteiger partial charge in [0.15, 0.2) is 9.84 Å². The second kappa shape index (κ2) is 5.40. The van der Waals surface area contributed by atoms with Crippen molar-refractivity contribution in [1.82, 2.24) is 5.43 Å². The Labute approximate surface area is 95.7 Å². The Morgan fingerprint density at radius 3 is 2.31 bits per heavy atom. The van der Waals surface area contributed by atoms with E-state index in [0.717, 1.165) is 5.56 Å². The third-order valence-electron chi connectivity index (χ3n) is 2.39. The Morgan fingerprint density at radius 1 is 1.31 bits per heavy atom. The summed E-state index contributed by atoms with van der Waals surface area (Å²) >= 11 is 0. The van der Waals surface area contributed by atoms with Crippen LogP contribution in [0.2, 0.25) is 0 Å². The van der Waals surface area contributed by atoms with E-state index < -0.39 is 9.84 Å². The smallest absolute Gasteiger partial charge is 0.178 e. The molecule has 1 unspecified atom stereocenters. The van der Waals surface area contributed by atoms with Crippen molar-refractivity contribution >= 4 is 9.84 Å². The van der Waals surface area contributed by atoms with E-state index in [2.05, 4.69) is 5.43 Å². The monoisotopic (exact) mass is 243 g/mol. The van der Waals surface area contributed by atoms with E-state index in [9.17, 15) is 8.42 Å². The van der Waals surface area contributed by atoms with E-state index in [1.165, 1.54) is 0 Å². The maximum absolute atomic E-state index is 11.5. The van der Waals surface area contributed by atoms with Crippen LogP contribution in [-0.4, -0.2) is 20.7 Å². The molecule has 0 heterocycles. The van der Waals surface area contributed by atoms with Crippen LogP contribution in [0.1, 0.15) is 18.5 Å². The molecular weight excluding hydrogens is 226 g/mol. The third kappa shape index (κ3) is 3.02. The highest BCUT2D eigenvalue weighted by molar-refractivity contribution is 7.91. The molecule has 6 heteroatoms. The summed E-state index contributed by atoms with van der Waals surface area (Å²) in [6, 6.07) is 6.34. The zero-order valence-electron chi connectivity index (χ0n) is 9.18. The summed E-state index contributed by atoms with van der Waals surface area (Å²) in [6.07, 6.45) is 0. The molecule has 0 fully saturated rings. The lowest BCUT2D eigenvalue weighted by Crippen LogP contribution is -2.31. The first-order valence-electron chi connectivity index (χ1n) is 5.03. The summed E-state index contributed by atoms with van der Waals surface area (Å²) in [5.74, 6) is 5.26. The van der Waals surface area contributed by atoms with Crippen LogP contribution in [0.15, 0.2) is 29.2 Å². The van der Waals surface area contributed by atoms with Gasteiger partial charge in [-0.3, -0.25) is 11.3 Å². The third-order valence-corrected chi connectivity index (χ3v) is 4.14. The van der Waals surface area contributed by atoms with E-state index in [0.29, 0.717) is 11.4 Å². The summed E-state index contributed by atoms with van der Waals surface area (Å²) in [6.45, 7) is 2.06. The highest BCUT2D eigenvalue weighted by Gasteiger charge is 2.12. The summed E-state index contributed by atoms with van der Waals surface area (Å²) in [7, 11) is -3.13. The molecule has 0 saturated heterocycles. The minimum absolute atomic E-state index is 0.1000. The fourth-order valence-electron chi connectivity index (χ4n) is 1.33. The van der Waals surface area contributed by atoms with Crippen LogP contribution in [0, 0.1) is 0 Å². The molecule has 0 spiro atoms. The molecule has 0 saturated carbocycles. The lowest BCUT2D eigenvalue weighted by atomic mass is 10.1. The predicted molar refractivity (Wildman–Crippen MR) is 63.3 cm³/mol. The van der Waals surface area contributed by atoms with Crippen molar-refractivity contribution in [1.29, 1.82) is 0 Å². The number of hydrazine groups is 1. The van der Waals surface area contributed by atoms with Crippen LogP contribution >= 0.6 is 0 Å². The van der Waals surface area contributed by atoms with Crippen molar-refractivity contribution in [2.75, 3.05) is 12.3 Å². The number of rotatable bonds is 5. The molecule has 0 radical (unpaired) electrons. The standard InChI is InChI=1S/C10H17N3O2S/c1-2-16(14,15)9-5-3-8(4-6-9)10(11)7-13-12/h3-6,10,13H,2,7,11-12H2,1H3. The first kappa shape index (κ1) is 13.1. The number of sulfone groups is 1. The maximum Gasteiger partial charge on any atom is 0.178 e. The predicted octanol–water partition coefficient (Wildman–Crippen LogP) is -0.0567. The van der Waals surface area contributed by atoms with Crippen molar-refractivity contribution in [2.45, 2.75) is 17.9 Å². The van der Waals surface area contributed by atoms with Gasteiger partial charge in [0.1, 0.15) is 0 Å². The number of benzene rings is 1. The minimum atomic E-state index is -3.13. The van der Waals surface area contributed by atoms with Crippen LogP contribution in [0.25, 0.3) is 0 Å². The Morgan fingerprint density at radius 2 is 1.88 bits per heavy atom. The molecule has 0 amide bonds. The number of hydrogen-bond donors (Lipinski definition) is 3. The molecule has 90 valence electrons. The average molecular weight is 243 g/mol. The molecule has 0 aliphatic rings. The lowest BCUT2D eigenvalue weighted by Gasteiger charge is -2.11. The van der Waals surface area contributed by atoms with Gasteiger partial charge in [0.05, 0.1) is 10.6 Å². The zero-order chi connectivity index (χ0) is 12.2. The fourth-order valence-corrected chi connectivity index (χ4v) is 2.22. The van der Waals surface area contributed by atoms with Gasteiger partial charge in [0, 0.05) is 12.6 Å². The fraction of sp³-hybridized carbons (Fsp3) is 0.400. The van der Waals surface area contributed by atoms with Gasteiger partial charge in [-0.15, -0.1) is 0 Å². The average Bonchev–Trinajstić information content (AvgIpc) is 2.29. The highest BCUT2D eigenvalue weighted by atomic mass is 32.2. The molecule has 1 atom stereocenters. The summed E-state index contributed by atoms with van der Waals surface area (Å²) in [4.78, 5) is 0.326. The van der Waals surface area contributed by atoms with E-state index in [4.69, 9.17) is 11.6 Å². The summed E-state index contributed by atoms with van der Waals surface area (Å²) < 4.78 is 23.1. The van der Waals surface area contributed by atoms with Gasteiger partial charge in [-0.25, -0.2) is 8.42 Å². The van der Waals surface area contributed by atoms with E-state index >= 15 is 0 Å². The largest absolute Gasteiger partial charge is 0.323 e. The SMILES string of the molecule is CCS(=O)(=O)c1ccc(C(N)CNN)cc1. The molecule has 1 aromatic carbocycles. The summed E-state index contributed by atoms with van der Waals surface area (Å²) in [5.41, 5.74) is 9.14. The van der Waals surface area contributed by atoms with Gasteiger partial charge in [-0.2, -0.15) is 0 Å². The van der Waals surface area contributed by atoms with Gasteiger partial charge in [0.2, 0.25) is 0 Å². The van der Waals surface area contributed by atoms with E-state index in [1.807, 2.05) is 0 Å². The van der Waals surface area contributed by atoms with Gasteiger partial charge < -0.3 is 5.73 Å². The van der Waals surface area contributed by atoms with Gasteiger partial charge in [0.25, 0.3) is 0 Å². The first-order valence-corrected chi connectivity index (χ1v) is 6.68. The molecule has 1 aromatic rings. The van der Waals surface area contributed by atoms with Gasteiger partial charge in [-0.1, -0.05) is 19.1 Å². The number of nitrogens with one attached hydrogen (secondary N) is 1.